The molecule has 0 heterocycles. The molecule has 0 spiro atoms. The highest BCUT2D eigenvalue weighted by Crippen LogP contribution is 2.23. The normalized spacial score (nSPS) is 11.5. The molecule has 0 aliphatic rings. The highest BCUT2D eigenvalue weighted by atomic mass is 79.9. The van der Waals surface area contributed by atoms with E-state index in [1.54, 1.807) is 0 Å². The number of oxime groups is 1. The van der Waals surface area contributed by atoms with E-state index in [9.17, 15) is 0 Å². The molecule has 0 aromatic heterocycles. The molecule has 0 aliphatic carbocycles. The summed E-state index contributed by atoms with van der Waals surface area (Å²) in [5.41, 5.74) is 7.74. The van der Waals surface area contributed by atoms with Gasteiger partial charge in [-0.2, -0.15) is 0 Å². The maximum absolute atomic E-state index is 8.38. The molecule has 0 atom stereocenters. The van der Waals surface area contributed by atoms with Gasteiger partial charge in [0.25, 0.3) is 0 Å². The van der Waals surface area contributed by atoms with Gasteiger partial charge in [0.05, 0.1) is 0 Å². The van der Waals surface area contributed by atoms with Crippen LogP contribution < -0.4 is 11.1 Å². The third-order valence-electron chi connectivity index (χ3n) is 2.57. The Morgan fingerprint density at radius 1 is 1.47 bits per heavy atom. The number of unbranched alkanes of at least 4 members (excludes halogenated alkanes) is 1. The Kier molecular flexibility index (Phi) is 5.83. The summed E-state index contributed by atoms with van der Waals surface area (Å²) in [6, 6.07) is 6.10. The first-order valence-electron chi connectivity index (χ1n) is 5.60. The van der Waals surface area contributed by atoms with Gasteiger partial charge in [0.15, 0.2) is 0 Å². The molecule has 17 heavy (non-hydrogen) atoms. The van der Waals surface area contributed by atoms with E-state index in [0.29, 0.717) is 12.3 Å². The fraction of sp³-hybridized carbons (Fsp3) is 0.417. The largest absolute Gasteiger partial charge is 0.409 e. The monoisotopic (exact) mass is 299 g/mol. The Morgan fingerprint density at radius 3 is 2.94 bits per heavy atom. The van der Waals surface area contributed by atoms with Crippen molar-refractivity contribution in [1.29, 1.82) is 0 Å². The quantitative estimate of drug-likeness (QED) is 0.248. The van der Waals surface area contributed by atoms with Crippen LogP contribution in [0.1, 0.15) is 24.8 Å². The van der Waals surface area contributed by atoms with Crippen LogP contribution in [0.3, 0.4) is 0 Å². The van der Waals surface area contributed by atoms with E-state index in [4.69, 9.17) is 10.9 Å². The van der Waals surface area contributed by atoms with Gasteiger partial charge in [-0.05, 0) is 37.5 Å². The minimum absolute atomic E-state index is 0.295. The lowest BCUT2D eigenvalue weighted by Crippen LogP contribution is -2.12. The van der Waals surface area contributed by atoms with E-state index >= 15 is 0 Å². The Balaban J connectivity index is 2.29. The van der Waals surface area contributed by atoms with Gasteiger partial charge in [-0.1, -0.05) is 27.2 Å². The average molecular weight is 300 g/mol. The molecule has 0 amide bonds. The van der Waals surface area contributed by atoms with E-state index in [1.165, 1.54) is 5.56 Å². The molecule has 0 unspecified atom stereocenters. The van der Waals surface area contributed by atoms with E-state index in [0.717, 1.165) is 29.5 Å². The Bertz CT molecular complexity index is 393. The number of rotatable bonds is 6. The molecule has 0 fully saturated rings. The van der Waals surface area contributed by atoms with E-state index in [2.05, 4.69) is 39.4 Å². The minimum atomic E-state index is 0.295. The summed E-state index contributed by atoms with van der Waals surface area (Å²) >= 11 is 3.50. The number of hydrogen-bond acceptors (Lipinski definition) is 3. The van der Waals surface area contributed by atoms with Crippen molar-refractivity contribution < 1.29 is 5.21 Å². The second kappa shape index (κ2) is 7.17. The van der Waals surface area contributed by atoms with Crippen LogP contribution in [0.5, 0.6) is 0 Å². The minimum Gasteiger partial charge on any atom is -0.409 e. The molecule has 1 aromatic carbocycles. The molecule has 1 aromatic rings. The Morgan fingerprint density at radius 2 is 2.24 bits per heavy atom. The lowest BCUT2D eigenvalue weighted by Gasteiger charge is -2.10. The summed E-state index contributed by atoms with van der Waals surface area (Å²) < 4.78 is 1.11. The zero-order valence-corrected chi connectivity index (χ0v) is 11.5. The van der Waals surface area contributed by atoms with Crippen molar-refractivity contribution in [1.82, 2.24) is 0 Å². The molecule has 0 saturated carbocycles. The smallest absolute Gasteiger partial charge is 0.139 e. The number of hydrogen-bond donors (Lipinski definition) is 3. The number of benzene rings is 1. The standard InChI is InChI=1S/C12H18BrN3O/c1-9-10(13)5-4-6-11(9)15-8-3-2-7-12(14)16-17/h4-6,15,17H,2-3,7-8H2,1H3,(H2,14,16). The molecule has 0 radical (unpaired) electrons. The molecule has 94 valence electrons. The molecule has 4 N–H and O–H groups in total. The zero-order valence-electron chi connectivity index (χ0n) is 9.91. The first kappa shape index (κ1) is 13.8. The van der Waals surface area contributed by atoms with Crippen molar-refractivity contribution >= 4 is 27.5 Å². The van der Waals surface area contributed by atoms with Gasteiger partial charge < -0.3 is 16.3 Å². The van der Waals surface area contributed by atoms with E-state index in [-0.39, 0.29) is 0 Å². The van der Waals surface area contributed by atoms with E-state index in [1.807, 2.05) is 12.1 Å². The maximum Gasteiger partial charge on any atom is 0.139 e. The fourth-order valence-electron chi connectivity index (χ4n) is 1.50. The molecule has 1 rings (SSSR count). The van der Waals surface area contributed by atoms with Crippen LogP contribution in [-0.2, 0) is 0 Å². The molecule has 0 aliphatic heterocycles. The summed E-state index contributed by atoms with van der Waals surface area (Å²) in [7, 11) is 0. The van der Waals surface area contributed by atoms with Crippen LogP contribution in [0.4, 0.5) is 5.69 Å². The van der Waals surface area contributed by atoms with Crippen molar-refractivity contribution in [2.75, 3.05) is 11.9 Å². The Hall–Kier alpha value is -1.23. The van der Waals surface area contributed by atoms with Crippen molar-refractivity contribution in [2.45, 2.75) is 26.2 Å². The summed E-state index contributed by atoms with van der Waals surface area (Å²) in [6.07, 6.45) is 2.54. The van der Waals surface area contributed by atoms with Gasteiger partial charge in [0, 0.05) is 23.1 Å². The second-order valence-electron chi connectivity index (χ2n) is 3.89. The van der Waals surface area contributed by atoms with E-state index < -0.39 is 0 Å². The van der Waals surface area contributed by atoms with Gasteiger partial charge in [0.1, 0.15) is 5.84 Å². The SMILES string of the molecule is Cc1c(Br)cccc1NCCCC/C(N)=N/O. The fourth-order valence-corrected chi connectivity index (χ4v) is 1.87. The Labute approximate surface area is 110 Å². The number of nitrogens with one attached hydrogen (secondary N) is 1. The van der Waals surface area contributed by atoms with Crippen LogP contribution in [0, 0.1) is 6.92 Å². The molecular formula is C12H18BrN3O. The van der Waals surface area contributed by atoms with Crippen LogP contribution in [-0.4, -0.2) is 17.6 Å². The van der Waals surface area contributed by atoms with Crippen molar-refractivity contribution in [3.05, 3.63) is 28.2 Å². The molecular weight excluding hydrogens is 282 g/mol. The summed E-state index contributed by atoms with van der Waals surface area (Å²) in [5.74, 6) is 0.295. The summed E-state index contributed by atoms with van der Waals surface area (Å²) in [6.45, 7) is 2.96. The van der Waals surface area contributed by atoms with Crippen LogP contribution in [0.2, 0.25) is 0 Å². The van der Waals surface area contributed by atoms with Gasteiger partial charge in [-0.25, -0.2) is 0 Å². The highest BCUT2D eigenvalue weighted by Gasteiger charge is 2.00. The zero-order chi connectivity index (χ0) is 12.7. The maximum atomic E-state index is 8.38. The third kappa shape index (κ3) is 4.65. The van der Waals surface area contributed by atoms with Crippen molar-refractivity contribution in [3.63, 3.8) is 0 Å². The third-order valence-corrected chi connectivity index (χ3v) is 3.43. The molecule has 4 nitrogen and oxygen atoms in total. The summed E-state index contributed by atoms with van der Waals surface area (Å²) in [5, 5.41) is 14.7. The topological polar surface area (TPSA) is 70.6 Å². The molecule has 0 bridgehead atoms. The molecule has 0 saturated heterocycles. The van der Waals surface area contributed by atoms with Crippen LogP contribution >= 0.6 is 15.9 Å². The van der Waals surface area contributed by atoms with Gasteiger partial charge >= 0.3 is 0 Å². The summed E-state index contributed by atoms with van der Waals surface area (Å²) in [4.78, 5) is 0. The lowest BCUT2D eigenvalue weighted by atomic mass is 10.2. The average Bonchev–Trinajstić information content (AvgIpc) is 2.33. The first-order chi connectivity index (χ1) is 8.15. The van der Waals surface area contributed by atoms with Crippen molar-refractivity contribution in [2.24, 2.45) is 10.9 Å². The predicted octanol–water partition coefficient (Wildman–Crippen LogP) is 3.09. The number of halogens is 1. The van der Waals surface area contributed by atoms with Crippen LogP contribution in [0.15, 0.2) is 27.8 Å². The van der Waals surface area contributed by atoms with Crippen molar-refractivity contribution in [3.8, 4) is 0 Å². The highest BCUT2D eigenvalue weighted by molar-refractivity contribution is 9.10. The number of nitrogens with zero attached hydrogens (tertiary/aromatic N) is 1. The number of nitrogens with two attached hydrogens (primary N) is 1. The van der Waals surface area contributed by atoms with Gasteiger partial charge in [0.2, 0.25) is 0 Å². The van der Waals surface area contributed by atoms with Gasteiger partial charge in [-0.3, -0.25) is 0 Å². The second-order valence-corrected chi connectivity index (χ2v) is 4.74. The number of anilines is 1. The number of amidine groups is 1. The lowest BCUT2D eigenvalue weighted by molar-refractivity contribution is 0.316. The predicted molar refractivity (Wildman–Crippen MR) is 74.6 cm³/mol. The van der Waals surface area contributed by atoms with Crippen LogP contribution in [0.25, 0.3) is 0 Å². The molecule has 5 heteroatoms. The first-order valence-corrected chi connectivity index (χ1v) is 6.40. The van der Waals surface area contributed by atoms with Gasteiger partial charge in [-0.15, -0.1) is 0 Å².